The smallest absolute Gasteiger partial charge is 0.192 e. The summed E-state index contributed by atoms with van der Waals surface area (Å²) in [6, 6.07) is 0. The van der Waals surface area contributed by atoms with E-state index in [0.717, 1.165) is 25.2 Å². The standard InChI is InChI=1S/C23H44O2Si/c1-21(2,3)26(6,7)25-20-14-12-18-23(17-11-13-19(20)23)16-10-8-9-15-22(4,5)24/h10,16,19-20,24H,8-9,11-15,17-18H2,1-7H3/b16-10-/t19-,20+,23-/m0/s1. The normalized spacial score (nSPS) is 30.8. The molecule has 2 aliphatic rings. The molecule has 2 nitrogen and oxygen atoms in total. The molecular formula is C23H44O2Si. The number of unbranched alkanes of at least 4 members (excludes halogenated alkanes) is 1. The summed E-state index contributed by atoms with van der Waals surface area (Å²) in [7, 11) is -1.70. The first-order chi connectivity index (χ1) is 11.9. The highest BCUT2D eigenvalue weighted by molar-refractivity contribution is 6.74. The highest BCUT2D eigenvalue weighted by Crippen LogP contribution is 2.55. The highest BCUT2D eigenvalue weighted by Gasteiger charge is 2.50. The van der Waals surface area contributed by atoms with Gasteiger partial charge in [-0.05, 0) is 88.3 Å². The van der Waals surface area contributed by atoms with Crippen LogP contribution in [0.4, 0.5) is 0 Å². The van der Waals surface area contributed by atoms with Crippen molar-refractivity contribution < 1.29 is 9.53 Å². The first-order valence-corrected chi connectivity index (χ1v) is 13.9. The average Bonchev–Trinajstić information content (AvgIpc) is 2.89. The number of rotatable bonds is 7. The molecule has 2 saturated carbocycles. The van der Waals surface area contributed by atoms with Crippen molar-refractivity contribution in [1.82, 2.24) is 0 Å². The van der Waals surface area contributed by atoms with E-state index in [4.69, 9.17) is 4.43 Å². The molecule has 0 aromatic carbocycles. The van der Waals surface area contributed by atoms with Crippen molar-refractivity contribution in [2.45, 2.75) is 122 Å². The highest BCUT2D eigenvalue weighted by atomic mass is 28.4. The van der Waals surface area contributed by atoms with Crippen LogP contribution in [0.1, 0.15) is 92.4 Å². The van der Waals surface area contributed by atoms with Crippen molar-refractivity contribution in [3.05, 3.63) is 12.2 Å². The molecule has 0 spiro atoms. The number of allylic oxidation sites excluding steroid dienone is 2. The molecule has 0 bridgehead atoms. The van der Waals surface area contributed by atoms with Gasteiger partial charge in [0.15, 0.2) is 8.32 Å². The summed E-state index contributed by atoms with van der Waals surface area (Å²) < 4.78 is 6.93. The molecule has 1 N–H and O–H groups in total. The summed E-state index contributed by atoms with van der Waals surface area (Å²) in [5, 5.41) is 10.2. The van der Waals surface area contributed by atoms with Crippen molar-refractivity contribution in [2.24, 2.45) is 11.3 Å². The largest absolute Gasteiger partial charge is 0.414 e. The summed E-state index contributed by atoms with van der Waals surface area (Å²) in [5.41, 5.74) is -0.144. The number of fused-ring (bicyclic) bond motifs is 1. The van der Waals surface area contributed by atoms with Crippen molar-refractivity contribution in [1.29, 1.82) is 0 Å². The van der Waals surface area contributed by atoms with Gasteiger partial charge in [0.1, 0.15) is 0 Å². The maximum Gasteiger partial charge on any atom is 0.192 e. The van der Waals surface area contributed by atoms with E-state index >= 15 is 0 Å². The second-order valence-electron chi connectivity index (χ2n) is 11.1. The first-order valence-electron chi connectivity index (χ1n) is 10.9. The fourth-order valence-corrected chi connectivity index (χ4v) is 6.17. The lowest BCUT2D eigenvalue weighted by Crippen LogP contribution is -2.49. The van der Waals surface area contributed by atoms with E-state index in [1.54, 1.807) is 0 Å². The molecule has 26 heavy (non-hydrogen) atoms. The summed E-state index contributed by atoms with van der Waals surface area (Å²) >= 11 is 0. The van der Waals surface area contributed by atoms with Gasteiger partial charge in [0.25, 0.3) is 0 Å². The molecule has 0 saturated heterocycles. The van der Waals surface area contributed by atoms with Crippen LogP contribution in [-0.2, 0) is 4.43 Å². The van der Waals surface area contributed by atoms with E-state index in [2.05, 4.69) is 46.0 Å². The molecule has 3 heteroatoms. The third-order valence-electron chi connectivity index (χ3n) is 7.34. The van der Waals surface area contributed by atoms with E-state index in [1.165, 1.54) is 38.5 Å². The van der Waals surface area contributed by atoms with Gasteiger partial charge in [0, 0.05) is 6.10 Å². The Morgan fingerprint density at radius 2 is 1.69 bits per heavy atom. The molecular weight excluding hydrogens is 336 g/mol. The van der Waals surface area contributed by atoms with Gasteiger partial charge in [-0.2, -0.15) is 0 Å². The Bertz CT molecular complexity index is 483. The minimum Gasteiger partial charge on any atom is -0.414 e. The quantitative estimate of drug-likeness (QED) is 0.297. The maximum absolute atomic E-state index is 9.89. The predicted molar refractivity (Wildman–Crippen MR) is 115 cm³/mol. The number of hydrogen-bond donors (Lipinski definition) is 1. The Morgan fingerprint density at radius 1 is 1.08 bits per heavy atom. The van der Waals surface area contributed by atoms with Gasteiger partial charge < -0.3 is 9.53 Å². The van der Waals surface area contributed by atoms with Crippen LogP contribution in [0.25, 0.3) is 0 Å². The van der Waals surface area contributed by atoms with Gasteiger partial charge in [0.2, 0.25) is 0 Å². The molecule has 2 rings (SSSR count). The van der Waals surface area contributed by atoms with Gasteiger partial charge >= 0.3 is 0 Å². The van der Waals surface area contributed by atoms with Crippen molar-refractivity contribution in [3.63, 3.8) is 0 Å². The van der Waals surface area contributed by atoms with Crippen LogP contribution in [0.15, 0.2) is 12.2 Å². The van der Waals surface area contributed by atoms with Crippen LogP contribution in [0.5, 0.6) is 0 Å². The Morgan fingerprint density at radius 3 is 2.27 bits per heavy atom. The van der Waals surface area contributed by atoms with Crippen LogP contribution in [0, 0.1) is 11.3 Å². The third kappa shape index (κ3) is 5.45. The van der Waals surface area contributed by atoms with Crippen LogP contribution < -0.4 is 0 Å². The zero-order valence-electron chi connectivity index (χ0n) is 18.5. The predicted octanol–water partition coefficient (Wildman–Crippen LogP) is 6.84. The second kappa shape index (κ2) is 8.09. The third-order valence-corrected chi connectivity index (χ3v) is 11.8. The van der Waals surface area contributed by atoms with Crippen molar-refractivity contribution in [2.75, 3.05) is 0 Å². The maximum atomic E-state index is 9.89. The molecule has 3 atom stereocenters. The van der Waals surface area contributed by atoms with Gasteiger partial charge in [-0.3, -0.25) is 0 Å². The molecule has 0 heterocycles. The average molecular weight is 381 g/mol. The van der Waals surface area contributed by atoms with Gasteiger partial charge in [-0.15, -0.1) is 0 Å². The fraction of sp³-hybridized carbons (Fsp3) is 0.913. The minimum absolute atomic E-state index is 0.290. The Labute approximate surface area is 163 Å². The molecule has 0 aromatic rings. The monoisotopic (exact) mass is 380 g/mol. The van der Waals surface area contributed by atoms with E-state index in [1.807, 2.05) is 13.8 Å². The Balaban J connectivity index is 2.02. The van der Waals surface area contributed by atoms with Gasteiger partial charge in [-0.25, -0.2) is 0 Å². The van der Waals surface area contributed by atoms with E-state index in [9.17, 15) is 5.11 Å². The molecule has 2 aliphatic carbocycles. The molecule has 0 aliphatic heterocycles. The number of aliphatic hydroxyl groups is 1. The fourth-order valence-electron chi connectivity index (χ4n) is 4.78. The van der Waals surface area contributed by atoms with Crippen LogP contribution in [-0.4, -0.2) is 25.1 Å². The lowest BCUT2D eigenvalue weighted by molar-refractivity contribution is 0.0246. The zero-order chi connectivity index (χ0) is 19.6. The Kier molecular flexibility index (Phi) is 6.90. The zero-order valence-corrected chi connectivity index (χ0v) is 19.5. The minimum atomic E-state index is -1.70. The van der Waals surface area contributed by atoms with Gasteiger partial charge in [0.05, 0.1) is 5.60 Å². The molecule has 0 unspecified atom stereocenters. The lowest BCUT2D eigenvalue weighted by Gasteiger charge is -2.47. The van der Waals surface area contributed by atoms with Crippen LogP contribution >= 0.6 is 0 Å². The van der Waals surface area contributed by atoms with Gasteiger partial charge in [-0.1, -0.05) is 45.8 Å². The molecule has 2 fully saturated rings. The Hall–Kier alpha value is -0.123. The SMILES string of the molecule is CC(C)(O)CCC/C=C\[C@]12CCC[C@@H](O[Si](C)(C)C(C)(C)C)[C@@H]1CCC2. The summed E-state index contributed by atoms with van der Waals surface area (Å²) in [4.78, 5) is 0. The molecule has 152 valence electrons. The van der Waals surface area contributed by atoms with Crippen molar-refractivity contribution >= 4 is 8.32 Å². The summed E-state index contributed by atoms with van der Waals surface area (Å²) in [6.07, 6.45) is 16.4. The van der Waals surface area contributed by atoms with E-state index in [-0.39, 0.29) is 0 Å². The molecule has 0 amide bonds. The van der Waals surface area contributed by atoms with Crippen LogP contribution in [0.3, 0.4) is 0 Å². The summed E-state index contributed by atoms with van der Waals surface area (Å²) in [5.74, 6) is 0.718. The van der Waals surface area contributed by atoms with E-state index < -0.39 is 13.9 Å². The van der Waals surface area contributed by atoms with Crippen LogP contribution in [0.2, 0.25) is 18.1 Å². The summed E-state index contributed by atoms with van der Waals surface area (Å²) in [6.45, 7) is 15.7. The van der Waals surface area contributed by atoms with E-state index in [0.29, 0.717) is 16.6 Å². The molecule has 0 aromatic heterocycles. The lowest BCUT2D eigenvalue weighted by atomic mass is 9.66. The van der Waals surface area contributed by atoms with Crippen molar-refractivity contribution in [3.8, 4) is 0 Å². The first kappa shape index (κ1) is 22.2. The topological polar surface area (TPSA) is 29.5 Å². The molecule has 0 radical (unpaired) electrons. The number of hydrogen-bond acceptors (Lipinski definition) is 2. The second-order valence-corrected chi connectivity index (χ2v) is 15.9.